The minimum atomic E-state index is -3.21. The Morgan fingerprint density at radius 3 is 2.32 bits per heavy atom. The van der Waals surface area contributed by atoms with Crippen molar-refractivity contribution in [1.82, 2.24) is 14.2 Å². The highest BCUT2D eigenvalue weighted by Crippen LogP contribution is 2.35. The molecular formula is C19H17N3O2S. The van der Waals surface area contributed by atoms with E-state index in [1.165, 1.54) is 6.26 Å². The van der Waals surface area contributed by atoms with Gasteiger partial charge in [-0.05, 0) is 35.9 Å². The first-order valence-electron chi connectivity index (χ1n) is 7.84. The summed E-state index contributed by atoms with van der Waals surface area (Å²) in [5.74, 6) is 0. The first kappa shape index (κ1) is 15.7. The molecule has 4 rings (SSSR count). The predicted octanol–water partition coefficient (Wildman–Crippen LogP) is 3.41. The van der Waals surface area contributed by atoms with Crippen molar-refractivity contribution in [3.05, 3.63) is 67.1 Å². The van der Waals surface area contributed by atoms with E-state index < -0.39 is 9.84 Å². The number of aromatic nitrogens is 3. The van der Waals surface area contributed by atoms with Gasteiger partial charge in [0.25, 0.3) is 0 Å². The molecule has 4 aromatic rings. The Balaban J connectivity index is 1.97. The number of aryl methyl sites for hydroxylation is 1. The largest absolute Gasteiger partial charge is 0.357 e. The molecule has 0 atom stereocenters. The zero-order chi connectivity index (χ0) is 17.6. The van der Waals surface area contributed by atoms with E-state index in [1.807, 2.05) is 71.1 Å². The van der Waals surface area contributed by atoms with Crippen LogP contribution in [0.4, 0.5) is 0 Å². The van der Waals surface area contributed by atoms with Crippen molar-refractivity contribution in [2.45, 2.75) is 4.90 Å². The fourth-order valence-corrected chi connectivity index (χ4v) is 3.63. The smallest absolute Gasteiger partial charge is 0.175 e. The molecule has 0 bridgehead atoms. The van der Waals surface area contributed by atoms with Gasteiger partial charge in [-0.25, -0.2) is 12.9 Å². The molecule has 0 saturated heterocycles. The zero-order valence-corrected chi connectivity index (χ0v) is 14.7. The average molecular weight is 351 g/mol. The van der Waals surface area contributed by atoms with Crippen LogP contribution in [-0.2, 0) is 16.9 Å². The molecular weight excluding hydrogens is 334 g/mol. The lowest BCUT2D eigenvalue weighted by atomic mass is 10.0. The third-order valence-electron chi connectivity index (χ3n) is 4.22. The van der Waals surface area contributed by atoms with E-state index in [9.17, 15) is 8.42 Å². The van der Waals surface area contributed by atoms with Crippen LogP contribution >= 0.6 is 0 Å². The van der Waals surface area contributed by atoms with Gasteiger partial charge < -0.3 is 4.57 Å². The Morgan fingerprint density at radius 2 is 1.68 bits per heavy atom. The molecule has 0 N–H and O–H groups in total. The van der Waals surface area contributed by atoms with Crippen LogP contribution < -0.4 is 0 Å². The summed E-state index contributed by atoms with van der Waals surface area (Å²) in [6.45, 7) is 0. The normalized spacial score (nSPS) is 11.9. The monoisotopic (exact) mass is 351 g/mol. The first-order valence-corrected chi connectivity index (χ1v) is 9.73. The van der Waals surface area contributed by atoms with Crippen molar-refractivity contribution < 1.29 is 8.42 Å². The molecule has 5 nitrogen and oxygen atoms in total. The van der Waals surface area contributed by atoms with Gasteiger partial charge in [0.1, 0.15) is 5.69 Å². The zero-order valence-electron chi connectivity index (χ0n) is 13.9. The standard InChI is InChI=1S/C19H17N3O2S/c1-21-12-10-15(13-21)19-18(17-5-3-4-11-22(17)20-19)14-6-8-16(9-7-14)25(2,23)24/h3-13H,1-2H3. The van der Waals surface area contributed by atoms with Crippen molar-refractivity contribution in [2.24, 2.45) is 7.05 Å². The number of benzene rings is 1. The van der Waals surface area contributed by atoms with E-state index in [4.69, 9.17) is 5.10 Å². The van der Waals surface area contributed by atoms with Gasteiger partial charge in [0.15, 0.2) is 9.84 Å². The Morgan fingerprint density at radius 1 is 0.920 bits per heavy atom. The summed E-state index contributed by atoms with van der Waals surface area (Å²) < 4.78 is 27.3. The maximum atomic E-state index is 11.7. The van der Waals surface area contributed by atoms with E-state index in [0.29, 0.717) is 4.90 Å². The minimum Gasteiger partial charge on any atom is -0.357 e. The molecule has 0 aliphatic rings. The van der Waals surface area contributed by atoms with E-state index in [-0.39, 0.29) is 0 Å². The molecule has 0 spiro atoms. The lowest BCUT2D eigenvalue weighted by Crippen LogP contribution is -1.96. The summed E-state index contributed by atoms with van der Waals surface area (Å²) in [5.41, 5.74) is 4.81. The number of fused-ring (bicyclic) bond motifs is 1. The number of pyridine rings is 1. The molecule has 0 saturated carbocycles. The van der Waals surface area contributed by atoms with Crippen molar-refractivity contribution in [2.75, 3.05) is 6.26 Å². The second-order valence-electron chi connectivity index (χ2n) is 6.12. The molecule has 1 aromatic carbocycles. The van der Waals surface area contributed by atoms with Gasteiger partial charge in [-0.1, -0.05) is 18.2 Å². The van der Waals surface area contributed by atoms with E-state index >= 15 is 0 Å². The van der Waals surface area contributed by atoms with Crippen LogP contribution in [-0.4, -0.2) is 28.9 Å². The quantitative estimate of drug-likeness (QED) is 0.568. The number of hydrogen-bond donors (Lipinski definition) is 0. The molecule has 0 amide bonds. The van der Waals surface area contributed by atoms with Gasteiger partial charge in [-0.3, -0.25) is 0 Å². The number of hydrogen-bond acceptors (Lipinski definition) is 3. The number of sulfone groups is 1. The van der Waals surface area contributed by atoms with Crippen LogP contribution in [0.15, 0.2) is 72.0 Å². The third-order valence-corrected chi connectivity index (χ3v) is 5.34. The van der Waals surface area contributed by atoms with Crippen LogP contribution in [0.25, 0.3) is 27.9 Å². The van der Waals surface area contributed by atoms with Gasteiger partial charge in [0.05, 0.1) is 10.4 Å². The molecule has 0 fully saturated rings. The summed E-state index contributed by atoms with van der Waals surface area (Å²) in [4.78, 5) is 0.314. The third kappa shape index (κ3) is 2.74. The van der Waals surface area contributed by atoms with Gasteiger partial charge >= 0.3 is 0 Å². The molecule has 0 unspecified atom stereocenters. The SMILES string of the molecule is Cn1ccc(-c2nn3ccccc3c2-c2ccc(S(C)(=O)=O)cc2)c1. The topological polar surface area (TPSA) is 56.4 Å². The fraction of sp³-hybridized carbons (Fsp3) is 0.105. The highest BCUT2D eigenvalue weighted by atomic mass is 32.2. The second-order valence-corrected chi connectivity index (χ2v) is 8.13. The highest BCUT2D eigenvalue weighted by Gasteiger charge is 2.17. The van der Waals surface area contributed by atoms with Crippen LogP contribution in [0.5, 0.6) is 0 Å². The molecule has 3 heterocycles. The number of rotatable bonds is 3. The predicted molar refractivity (Wildman–Crippen MR) is 98.1 cm³/mol. The summed E-state index contributed by atoms with van der Waals surface area (Å²) in [6.07, 6.45) is 7.13. The van der Waals surface area contributed by atoms with Crippen molar-refractivity contribution >= 4 is 15.4 Å². The van der Waals surface area contributed by atoms with Gasteiger partial charge in [0.2, 0.25) is 0 Å². The van der Waals surface area contributed by atoms with Crippen LogP contribution in [0, 0.1) is 0 Å². The van der Waals surface area contributed by atoms with Crippen molar-refractivity contribution in [3.8, 4) is 22.4 Å². The summed E-state index contributed by atoms with van der Waals surface area (Å²) >= 11 is 0. The molecule has 0 radical (unpaired) electrons. The van der Waals surface area contributed by atoms with E-state index in [1.54, 1.807) is 12.1 Å². The lowest BCUT2D eigenvalue weighted by molar-refractivity contribution is 0.602. The van der Waals surface area contributed by atoms with Crippen LogP contribution in [0.2, 0.25) is 0 Å². The van der Waals surface area contributed by atoms with Crippen molar-refractivity contribution in [3.63, 3.8) is 0 Å². The lowest BCUT2D eigenvalue weighted by Gasteiger charge is -2.04. The Hall–Kier alpha value is -2.86. The first-order chi connectivity index (χ1) is 11.9. The molecule has 0 aliphatic carbocycles. The number of nitrogens with zero attached hydrogens (tertiary/aromatic N) is 3. The average Bonchev–Trinajstić information content (AvgIpc) is 3.17. The van der Waals surface area contributed by atoms with E-state index in [2.05, 4.69) is 0 Å². The Kier molecular flexibility index (Phi) is 3.51. The van der Waals surface area contributed by atoms with Crippen molar-refractivity contribution in [1.29, 1.82) is 0 Å². The maximum Gasteiger partial charge on any atom is 0.175 e. The Bertz CT molecular complexity index is 1170. The maximum absolute atomic E-state index is 11.7. The Labute approximate surface area is 146 Å². The van der Waals surface area contributed by atoms with Crippen LogP contribution in [0.1, 0.15) is 0 Å². The van der Waals surface area contributed by atoms with Crippen LogP contribution in [0.3, 0.4) is 0 Å². The molecule has 3 aromatic heterocycles. The highest BCUT2D eigenvalue weighted by molar-refractivity contribution is 7.90. The van der Waals surface area contributed by atoms with Gasteiger partial charge in [-0.15, -0.1) is 0 Å². The minimum absolute atomic E-state index is 0.314. The van der Waals surface area contributed by atoms with Gasteiger partial charge in [-0.2, -0.15) is 5.10 Å². The van der Waals surface area contributed by atoms with Gasteiger partial charge in [0, 0.05) is 43.0 Å². The summed E-state index contributed by atoms with van der Waals surface area (Å²) in [5, 5.41) is 4.73. The molecule has 6 heteroatoms. The second kappa shape index (κ2) is 5.60. The molecule has 0 aliphatic heterocycles. The molecule has 126 valence electrons. The summed E-state index contributed by atoms with van der Waals surface area (Å²) in [6, 6.07) is 14.9. The fourth-order valence-electron chi connectivity index (χ4n) is 3.00. The summed E-state index contributed by atoms with van der Waals surface area (Å²) in [7, 11) is -1.24. The van der Waals surface area contributed by atoms with E-state index in [0.717, 1.165) is 27.9 Å². The molecule has 25 heavy (non-hydrogen) atoms.